The minimum atomic E-state index is -0.305. The first-order valence-electron chi connectivity index (χ1n) is 11.8. The molecular weight excluding hydrogens is 420 g/mol. The summed E-state index contributed by atoms with van der Waals surface area (Å²) in [6.45, 7) is 3.68. The number of likely N-dealkylation sites (tertiary alicyclic amines) is 2. The van der Waals surface area contributed by atoms with Gasteiger partial charge in [0.2, 0.25) is 5.95 Å². The Hall–Kier alpha value is -3.14. The van der Waals surface area contributed by atoms with E-state index in [2.05, 4.69) is 37.8 Å². The number of nitrogens with zero attached hydrogens (tertiary/aromatic N) is 5. The lowest BCUT2D eigenvalue weighted by Crippen LogP contribution is -2.45. The van der Waals surface area contributed by atoms with Gasteiger partial charge in [0.25, 0.3) is 5.91 Å². The molecule has 5 rings (SSSR count). The molecule has 4 aliphatic rings. The molecule has 176 valence electrons. The van der Waals surface area contributed by atoms with E-state index in [1.165, 1.54) is 0 Å². The van der Waals surface area contributed by atoms with Crippen molar-refractivity contribution in [1.29, 1.82) is 0 Å². The van der Waals surface area contributed by atoms with Crippen molar-refractivity contribution in [1.82, 2.24) is 30.4 Å². The number of urea groups is 1. The van der Waals surface area contributed by atoms with Crippen LogP contribution >= 0.6 is 0 Å². The monoisotopic (exact) mass is 452 g/mol. The molecule has 1 aromatic heterocycles. The molecule has 0 bridgehead atoms. The van der Waals surface area contributed by atoms with E-state index in [0.717, 1.165) is 51.9 Å². The second kappa shape index (κ2) is 9.01. The van der Waals surface area contributed by atoms with Crippen molar-refractivity contribution in [2.75, 3.05) is 50.5 Å². The van der Waals surface area contributed by atoms with Gasteiger partial charge in [-0.1, -0.05) is 6.08 Å². The number of aromatic nitrogens is 2. The minimum Gasteiger partial charge on any atom is -0.361 e. The van der Waals surface area contributed by atoms with Crippen LogP contribution < -0.4 is 20.9 Å². The summed E-state index contributed by atoms with van der Waals surface area (Å²) in [5, 5.41) is 9.39. The van der Waals surface area contributed by atoms with Crippen LogP contribution in [-0.4, -0.2) is 90.1 Å². The van der Waals surface area contributed by atoms with Crippen LogP contribution in [0.5, 0.6) is 0 Å². The van der Waals surface area contributed by atoms with Crippen molar-refractivity contribution in [3.63, 3.8) is 0 Å². The Morgan fingerprint density at radius 2 is 1.91 bits per heavy atom. The molecule has 0 radical (unpaired) electrons. The zero-order valence-corrected chi connectivity index (χ0v) is 19.3. The summed E-state index contributed by atoms with van der Waals surface area (Å²) in [5.74, 6) is 0.929. The fraction of sp³-hybridized carbons (Fsp3) is 0.565. The SMILES string of the molecule is CN1CCC(N(C)c2ncc3c(n2)NC2C=CC(NC(=O)N4CCCC4)=CC2NC3=O)CC1. The Kier molecular flexibility index (Phi) is 5.92. The van der Waals surface area contributed by atoms with Crippen molar-refractivity contribution in [3.8, 4) is 0 Å². The second-order valence-corrected chi connectivity index (χ2v) is 9.35. The van der Waals surface area contributed by atoms with E-state index >= 15 is 0 Å². The van der Waals surface area contributed by atoms with E-state index in [1.807, 2.05) is 30.2 Å². The van der Waals surface area contributed by atoms with Crippen LogP contribution in [0.25, 0.3) is 0 Å². The first-order chi connectivity index (χ1) is 16.0. The lowest BCUT2D eigenvalue weighted by atomic mass is 10.0. The highest BCUT2D eigenvalue weighted by Crippen LogP contribution is 2.26. The number of hydrogen-bond donors (Lipinski definition) is 3. The van der Waals surface area contributed by atoms with Crippen LogP contribution in [0.3, 0.4) is 0 Å². The number of amides is 3. The van der Waals surface area contributed by atoms with E-state index in [0.29, 0.717) is 29.1 Å². The fourth-order valence-electron chi connectivity index (χ4n) is 4.91. The molecule has 0 saturated carbocycles. The Bertz CT molecular complexity index is 979. The molecule has 2 fully saturated rings. The van der Waals surface area contributed by atoms with Gasteiger partial charge in [-0.3, -0.25) is 4.79 Å². The number of rotatable bonds is 3. The molecule has 1 aromatic rings. The van der Waals surface area contributed by atoms with E-state index in [1.54, 1.807) is 6.20 Å². The van der Waals surface area contributed by atoms with Crippen LogP contribution in [0.2, 0.25) is 0 Å². The summed E-state index contributed by atoms with van der Waals surface area (Å²) in [4.78, 5) is 40.9. The minimum absolute atomic E-state index is 0.0921. The summed E-state index contributed by atoms with van der Waals surface area (Å²) in [6.07, 6.45) is 11.5. The molecule has 4 heterocycles. The molecule has 3 aliphatic heterocycles. The molecule has 1 aliphatic carbocycles. The Balaban J connectivity index is 1.30. The first kappa shape index (κ1) is 21.7. The van der Waals surface area contributed by atoms with Crippen molar-refractivity contribution in [2.24, 2.45) is 0 Å². The molecule has 10 heteroatoms. The third-order valence-corrected chi connectivity index (χ3v) is 7.05. The molecule has 10 nitrogen and oxygen atoms in total. The van der Waals surface area contributed by atoms with Gasteiger partial charge in [-0.2, -0.15) is 4.98 Å². The van der Waals surface area contributed by atoms with Crippen molar-refractivity contribution in [2.45, 2.75) is 43.8 Å². The zero-order chi connectivity index (χ0) is 22.9. The topological polar surface area (TPSA) is 106 Å². The number of carbonyl (C=O) groups excluding carboxylic acids is 2. The lowest BCUT2D eigenvalue weighted by Gasteiger charge is -2.35. The molecule has 33 heavy (non-hydrogen) atoms. The zero-order valence-electron chi connectivity index (χ0n) is 19.3. The molecular formula is C23H32N8O2. The van der Waals surface area contributed by atoms with Gasteiger partial charge in [0.05, 0.1) is 12.1 Å². The van der Waals surface area contributed by atoms with Crippen LogP contribution in [0.15, 0.2) is 30.1 Å². The summed E-state index contributed by atoms with van der Waals surface area (Å²) >= 11 is 0. The van der Waals surface area contributed by atoms with E-state index < -0.39 is 0 Å². The van der Waals surface area contributed by atoms with Crippen LogP contribution in [-0.2, 0) is 0 Å². The molecule has 3 N–H and O–H groups in total. The Morgan fingerprint density at radius 3 is 2.67 bits per heavy atom. The number of piperidine rings is 1. The predicted octanol–water partition coefficient (Wildman–Crippen LogP) is 1.16. The van der Waals surface area contributed by atoms with Gasteiger partial charge in [-0.05, 0) is 58.0 Å². The quantitative estimate of drug-likeness (QED) is 0.632. The summed E-state index contributed by atoms with van der Waals surface area (Å²) < 4.78 is 0. The van der Waals surface area contributed by atoms with Gasteiger partial charge >= 0.3 is 6.03 Å². The first-order valence-corrected chi connectivity index (χ1v) is 11.8. The number of anilines is 2. The van der Waals surface area contributed by atoms with Crippen molar-refractivity contribution < 1.29 is 9.59 Å². The fourth-order valence-corrected chi connectivity index (χ4v) is 4.91. The normalized spacial score (nSPS) is 25.3. The molecule has 2 unspecified atom stereocenters. The van der Waals surface area contributed by atoms with E-state index in [4.69, 9.17) is 4.98 Å². The Morgan fingerprint density at radius 1 is 1.15 bits per heavy atom. The molecule has 3 amide bonds. The van der Waals surface area contributed by atoms with Gasteiger partial charge in [-0.25, -0.2) is 9.78 Å². The molecule has 0 aromatic carbocycles. The number of hydrogen-bond acceptors (Lipinski definition) is 7. The number of fused-ring (bicyclic) bond motifs is 2. The van der Waals surface area contributed by atoms with Crippen LogP contribution in [0, 0.1) is 0 Å². The third kappa shape index (κ3) is 4.52. The maximum atomic E-state index is 12.9. The number of nitrogens with one attached hydrogen (secondary N) is 3. The van der Waals surface area contributed by atoms with Gasteiger partial charge < -0.3 is 30.7 Å². The Labute approximate surface area is 194 Å². The maximum absolute atomic E-state index is 12.9. The molecule has 2 saturated heterocycles. The van der Waals surface area contributed by atoms with Crippen LogP contribution in [0.4, 0.5) is 16.6 Å². The second-order valence-electron chi connectivity index (χ2n) is 9.35. The predicted molar refractivity (Wildman–Crippen MR) is 126 cm³/mol. The van der Waals surface area contributed by atoms with Gasteiger partial charge in [0.1, 0.15) is 11.4 Å². The largest absolute Gasteiger partial charge is 0.361 e. The highest BCUT2D eigenvalue weighted by molar-refractivity contribution is 6.00. The van der Waals surface area contributed by atoms with E-state index in [-0.39, 0.29) is 24.0 Å². The summed E-state index contributed by atoms with van der Waals surface area (Å²) in [7, 11) is 4.17. The average molecular weight is 453 g/mol. The average Bonchev–Trinajstić information content (AvgIpc) is 3.31. The van der Waals surface area contributed by atoms with Gasteiger partial charge in [0, 0.05) is 38.1 Å². The van der Waals surface area contributed by atoms with E-state index in [9.17, 15) is 9.59 Å². The van der Waals surface area contributed by atoms with Gasteiger partial charge in [-0.15, -0.1) is 0 Å². The highest BCUT2D eigenvalue weighted by Gasteiger charge is 2.31. The number of carbonyl (C=O) groups is 2. The third-order valence-electron chi connectivity index (χ3n) is 7.05. The maximum Gasteiger partial charge on any atom is 0.321 e. The smallest absolute Gasteiger partial charge is 0.321 e. The van der Waals surface area contributed by atoms with Crippen molar-refractivity contribution in [3.05, 3.63) is 35.7 Å². The lowest BCUT2D eigenvalue weighted by molar-refractivity contribution is 0.0946. The van der Waals surface area contributed by atoms with Gasteiger partial charge in [0.15, 0.2) is 0 Å². The van der Waals surface area contributed by atoms with Crippen molar-refractivity contribution >= 4 is 23.7 Å². The summed E-state index contributed by atoms with van der Waals surface area (Å²) in [6, 6.07) is -0.184. The summed E-state index contributed by atoms with van der Waals surface area (Å²) in [5.41, 5.74) is 1.12. The molecule has 2 atom stereocenters. The number of allylic oxidation sites excluding steroid dienone is 1. The standard InChI is InChI=1S/C23H32N8O2/c1-29-11-7-16(8-12-29)30(2)22-24-14-17-20(28-22)26-18-6-5-15(13-19(18)27-21(17)32)25-23(33)31-9-3-4-10-31/h5-6,13-14,16,18-19H,3-4,7-12H2,1-2H3,(H,25,33)(H,27,32)(H,24,26,28). The van der Waals surface area contributed by atoms with Crippen LogP contribution in [0.1, 0.15) is 36.0 Å². The highest BCUT2D eigenvalue weighted by atomic mass is 16.2. The molecule has 0 spiro atoms.